The second-order valence-corrected chi connectivity index (χ2v) is 3.36. The van der Waals surface area contributed by atoms with Crippen molar-refractivity contribution in [3.63, 3.8) is 0 Å². The number of anilines is 1. The number of rotatable bonds is 4. The van der Waals surface area contributed by atoms with Gasteiger partial charge in [-0.15, -0.1) is 13.2 Å². The first kappa shape index (κ1) is 14.1. The number of hydrogen-bond donors (Lipinski definition) is 1. The smallest absolute Gasteiger partial charge is 0.466 e. The number of carbonyl (C=O) groups is 1. The molecule has 0 radical (unpaired) electrons. The van der Waals surface area contributed by atoms with Crippen LogP contribution in [0.15, 0.2) is 18.2 Å². The molecule has 7 heteroatoms. The second kappa shape index (κ2) is 5.61. The Morgan fingerprint density at radius 3 is 2.61 bits per heavy atom. The van der Waals surface area contributed by atoms with Crippen molar-refractivity contribution >= 4 is 11.7 Å². The summed E-state index contributed by atoms with van der Waals surface area (Å²) in [5.41, 5.74) is 5.51. The zero-order valence-corrected chi connectivity index (χ0v) is 9.58. The van der Waals surface area contributed by atoms with Crippen molar-refractivity contribution in [2.75, 3.05) is 12.3 Å². The fourth-order valence-electron chi connectivity index (χ4n) is 1.32. The molecule has 0 atom stereocenters. The van der Waals surface area contributed by atoms with Crippen LogP contribution in [0, 0.1) is 0 Å². The molecule has 1 rings (SSSR count). The van der Waals surface area contributed by atoms with Gasteiger partial charge in [0.15, 0.2) is 5.75 Å². The summed E-state index contributed by atoms with van der Waals surface area (Å²) in [7, 11) is 0. The van der Waals surface area contributed by atoms with Crippen LogP contribution in [0.1, 0.15) is 12.5 Å². The zero-order valence-electron chi connectivity index (χ0n) is 9.58. The zero-order chi connectivity index (χ0) is 13.8. The van der Waals surface area contributed by atoms with Crippen LogP contribution in [0.4, 0.5) is 18.9 Å². The number of esters is 1. The lowest BCUT2D eigenvalue weighted by Crippen LogP contribution is -2.18. The summed E-state index contributed by atoms with van der Waals surface area (Å²) < 4.78 is 44.6. The van der Waals surface area contributed by atoms with Gasteiger partial charge in [-0.25, -0.2) is 0 Å². The lowest BCUT2D eigenvalue weighted by atomic mass is 10.1. The molecule has 0 aliphatic carbocycles. The molecule has 4 nitrogen and oxygen atoms in total. The van der Waals surface area contributed by atoms with Crippen LogP contribution in [0.3, 0.4) is 0 Å². The summed E-state index contributed by atoms with van der Waals surface area (Å²) in [6.45, 7) is 1.82. The molecule has 18 heavy (non-hydrogen) atoms. The van der Waals surface area contributed by atoms with Crippen molar-refractivity contribution in [3.05, 3.63) is 23.8 Å². The molecule has 2 N–H and O–H groups in total. The molecule has 0 aliphatic heterocycles. The molecular formula is C11H12F3NO3. The Kier molecular flexibility index (Phi) is 4.41. The van der Waals surface area contributed by atoms with Crippen LogP contribution in [-0.2, 0) is 16.0 Å². The maximum atomic E-state index is 12.1. The highest BCUT2D eigenvalue weighted by atomic mass is 19.4. The molecule has 0 aliphatic rings. The first-order valence-corrected chi connectivity index (χ1v) is 5.12. The molecule has 0 amide bonds. The van der Waals surface area contributed by atoms with Crippen LogP contribution in [0.5, 0.6) is 5.75 Å². The number of benzene rings is 1. The molecule has 0 saturated carbocycles. The minimum atomic E-state index is -4.82. The van der Waals surface area contributed by atoms with Gasteiger partial charge >= 0.3 is 12.3 Å². The van der Waals surface area contributed by atoms with Crippen molar-refractivity contribution in [2.24, 2.45) is 0 Å². The predicted molar refractivity (Wildman–Crippen MR) is 57.9 cm³/mol. The van der Waals surface area contributed by atoms with E-state index < -0.39 is 18.1 Å². The van der Waals surface area contributed by atoms with Gasteiger partial charge in [-0.1, -0.05) is 12.1 Å². The van der Waals surface area contributed by atoms with Crippen LogP contribution in [-0.4, -0.2) is 18.9 Å². The van der Waals surface area contributed by atoms with E-state index >= 15 is 0 Å². The Morgan fingerprint density at radius 2 is 2.06 bits per heavy atom. The summed E-state index contributed by atoms with van der Waals surface area (Å²) in [5.74, 6) is -1.09. The van der Waals surface area contributed by atoms with Crippen molar-refractivity contribution in [1.29, 1.82) is 0 Å². The Balaban J connectivity index is 2.88. The largest absolute Gasteiger partial charge is 0.573 e. The van der Waals surface area contributed by atoms with Gasteiger partial charge in [0.05, 0.1) is 18.7 Å². The topological polar surface area (TPSA) is 61.5 Å². The third-order valence-corrected chi connectivity index (χ3v) is 2.02. The average molecular weight is 263 g/mol. The van der Waals surface area contributed by atoms with Gasteiger partial charge in [-0.05, 0) is 18.6 Å². The van der Waals surface area contributed by atoms with Gasteiger partial charge in [0.2, 0.25) is 0 Å². The number of nitrogen functional groups attached to an aromatic ring is 1. The van der Waals surface area contributed by atoms with Gasteiger partial charge in [-0.2, -0.15) is 0 Å². The molecule has 100 valence electrons. The van der Waals surface area contributed by atoms with E-state index in [0.717, 1.165) is 6.07 Å². The van der Waals surface area contributed by atoms with Crippen molar-refractivity contribution in [2.45, 2.75) is 19.7 Å². The van der Waals surface area contributed by atoms with Crippen molar-refractivity contribution < 1.29 is 27.4 Å². The van der Waals surface area contributed by atoms with E-state index in [4.69, 9.17) is 5.73 Å². The number of nitrogens with two attached hydrogens (primary N) is 1. The fraction of sp³-hybridized carbons (Fsp3) is 0.364. The molecule has 0 fully saturated rings. The Bertz CT molecular complexity index is 432. The maximum absolute atomic E-state index is 12.1. The summed E-state index contributed by atoms with van der Waals surface area (Å²) in [6.07, 6.45) is -5.02. The monoisotopic (exact) mass is 263 g/mol. The van der Waals surface area contributed by atoms with Crippen LogP contribution >= 0.6 is 0 Å². The standard InChI is InChI=1S/C11H12F3NO3/c1-2-17-9(16)6-7-4-3-5-8(10(7)15)18-11(12,13)14/h3-5H,2,6,15H2,1H3. The lowest BCUT2D eigenvalue weighted by molar-refractivity contribution is -0.274. The maximum Gasteiger partial charge on any atom is 0.573 e. The van der Waals surface area contributed by atoms with Crippen molar-refractivity contribution in [3.8, 4) is 5.75 Å². The third-order valence-electron chi connectivity index (χ3n) is 2.02. The van der Waals surface area contributed by atoms with E-state index in [-0.39, 0.29) is 24.3 Å². The summed E-state index contributed by atoms with van der Waals surface area (Å²) in [4.78, 5) is 11.2. The lowest BCUT2D eigenvalue weighted by Gasteiger charge is -2.13. The Morgan fingerprint density at radius 1 is 1.39 bits per heavy atom. The van der Waals surface area contributed by atoms with Gasteiger partial charge in [0.1, 0.15) is 0 Å². The van der Waals surface area contributed by atoms with E-state index in [1.807, 2.05) is 0 Å². The van der Waals surface area contributed by atoms with E-state index in [1.165, 1.54) is 12.1 Å². The summed E-state index contributed by atoms with van der Waals surface area (Å²) >= 11 is 0. The molecule has 1 aromatic carbocycles. The summed E-state index contributed by atoms with van der Waals surface area (Å²) in [6, 6.07) is 3.85. The number of para-hydroxylation sites is 1. The Hall–Kier alpha value is -1.92. The minimum absolute atomic E-state index is 0.192. The third kappa shape index (κ3) is 4.15. The second-order valence-electron chi connectivity index (χ2n) is 3.36. The molecule has 0 aromatic heterocycles. The van der Waals surface area contributed by atoms with E-state index in [1.54, 1.807) is 6.92 Å². The SMILES string of the molecule is CCOC(=O)Cc1cccc(OC(F)(F)F)c1N. The van der Waals surface area contributed by atoms with Crippen molar-refractivity contribution in [1.82, 2.24) is 0 Å². The molecule has 0 bridgehead atoms. The van der Waals surface area contributed by atoms with Gasteiger partial charge in [-0.3, -0.25) is 4.79 Å². The number of carbonyl (C=O) groups excluding carboxylic acids is 1. The van der Waals surface area contributed by atoms with Gasteiger partial charge in [0, 0.05) is 0 Å². The number of ether oxygens (including phenoxy) is 2. The first-order valence-electron chi connectivity index (χ1n) is 5.12. The van der Waals surface area contributed by atoms with E-state index in [2.05, 4.69) is 9.47 Å². The average Bonchev–Trinajstić information content (AvgIpc) is 2.22. The first-order chi connectivity index (χ1) is 8.33. The quantitative estimate of drug-likeness (QED) is 0.668. The molecule has 1 aromatic rings. The number of halogens is 3. The summed E-state index contributed by atoms with van der Waals surface area (Å²) in [5, 5.41) is 0. The molecule has 0 heterocycles. The molecule has 0 unspecified atom stereocenters. The molecule has 0 spiro atoms. The number of alkyl halides is 3. The van der Waals surface area contributed by atoms with Crippen LogP contribution < -0.4 is 10.5 Å². The normalized spacial score (nSPS) is 11.1. The van der Waals surface area contributed by atoms with Crippen LogP contribution in [0.25, 0.3) is 0 Å². The number of hydrogen-bond acceptors (Lipinski definition) is 4. The van der Waals surface area contributed by atoms with E-state index in [0.29, 0.717) is 0 Å². The highest BCUT2D eigenvalue weighted by Crippen LogP contribution is 2.30. The highest BCUT2D eigenvalue weighted by molar-refractivity contribution is 5.76. The fourth-order valence-corrected chi connectivity index (χ4v) is 1.32. The predicted octanol–water partition coefficient (Wildman–Crippen LogP) is 2.27. The molecule has 0 saturated heterocycles. The Labute approximate surface area is 101 Å². The molecular weight excluding hydrogens is 251 g/mol. The van der Waals surface area contributed by atoms with E-state index in [9.17, 15) is 18.0 Å². The minimum Gasteiger partial charge on any atom is -0.466 e. The van der Waals surface area contributed by atoms with Gasteiger partial charge < -0.3 is 15.2 Å². The highest BCUT2D eigenvalue weighted by Gasteiger charge is 2.32. The van der Waals surface area contributed by atoms with Crippen LogP contribution in [0.2, 0.25) is 0 Å². The van der Waals surface area contributed by atoms with Gasteiger partial charge in [0.25, 0.3) is 0 Å².